The van der Waals surface area contributed by atoms with Crippen LogP contribution in [0.3, 0.4) is 0 Å². The predicted octanol–water partition coefficient (Wildman–Crippen LogP) is 2.05. The highest BCUT2D eigenvalue weighted by Crippen LogP contribution is 2.10. The van der Waals surface area contributed by atoms with Gasteiger partial charge in [-0.15, -0.1) is 0 Å². The molecule has 0 fully saturated rings. The van der Waals surface area contributed by atoms with Gasteiger partial charge in [0.2, 0.25) is 4.77 Å². The maximum Gasteiger partial charge on any atom is 0.200 e. The number of pyridine rings is 1. The standard InChI is InChI=1S/C6H4ClN3S/c7-4-2-1-3-5-8-9-6(11)10(4)5/h1-3H,(H,9,11). The summed E-state index contributed by atoms with van der Waals surface area (Å²) in [5.74, 6) is 0. The van der Waals surface area contributed by atoms with Crippen LogP contribution >= 0.6 is 23.8 Å². The van der Waals surface area contributed by atoms with E-state index < -0.39 is 0 Å². The SMILES string of the molecule is S=c1[nH]nc2cccc(Cl)n12. The molecule has 0 bridgehead atoms. The van der Waals surface area contributed by atoms with Crippen molar-refractivity contribution in [3.8, 4) is 0 Å². The first-order valence-corrected chi connectivity index (χ1v) is 3.79. The summed E-state index contributed by atoms with van der Waals surface area (Å²) >= 11 is 10.8. The van der Waals surface area contributed by atoms with Crippen LogP contribution in [0.25, 0.3) is 5.65 Å². The number of halogens is 1. The summed E-state index contributed by atoms with van der Waals surface area (Å²) in [7, 11) is 0. The van der Waals surface area contributed by atoms with Gasteiger partial charge < -0.3 is 0 Å². The van der Waals surface area contributed by atoms with Crippen molar-refractivity contribution in [3.05, 3.63) is 28.1 Å². The monoisotopic (exact) mass is 185 g/mol. The maximum atomic E-state index is 5.84. The fourth-order valence-electron chi connectivity index (χ4n) is 0.915. The summed E-state index contributed by atoms with van der Waals surface area (Å²) in [6.07, 6.45) is 0. The Morgan fingerprint density at radius 2 is 2.36 bits per heavy atom. The minimum Gasteiger partial charge on any atom is -0.258 e. The summed E-state index contributed by atoms with van der Waals surface area (Å²) < 4.78 is 2.18. The van der Waals surface area contributed by atoms with Crippen molar-refractivity contribution in [1.82, 2.24) is 14.6 Å². The van der Waals surface area contributed by atoms with Crippen LogP contribution in [-0.2, 0) is 0 Å². The van der Waals surface area contributed by atoms with Gasteiger partial charge in [0.25, 0.3) is 0 Å². The molecule has 0 aliphatic carbocycles. The van der Waals surface area contributed by atoms with Crippen LogP contribution < -0.4 is 0 Å². The molecule has 0 aliphatic heterocycles. The van der Waals surface area contributed by atoms with Crippen molar-refractivity contribution in [1.29, 1.82) is 0 Å². The number of hydrogen-bond donors (Lipinski definition) is 1. The van der Waals surface area contributed by atoms with E-state index in [1.807, 2.05) is 12.1 Å². The molecule has 11 heavy (non-hydrogen) atoms. The topological polar surface area (TPSA) is 33.1 Å². The minimum absolute atomic E-state index is 0.519. The molecule has 0 aliphatic rings. The van der Waals surface area contributed by atoms with E-state index in [9.17, 15) is 0 Å². The molecule has 0 radical (unpaired) electrons. The number of nitrogens with zero attached hydrogens (tertiary/aromatic N) is 2. The number of fused-ring (bicyclic) bond motifs is 1. The zero-order valence-corrected chi connectivity index (χ0v) is 6.99. The molecule has 5 heteroatoms. The van der Waals surface area contributed by atoms with Gasteiger partial charge in [-0.25, -0.2) is 0 Å². The summed E-state index contributed by atoms with van der Waals surface area (Å²) in [5, 5.41) is 7.16. The molecule has 0 saturated carbocycles. The third kappa shape index (κ3) is 0.948. The lowest BCUT2D eigenvalue weighted by molar-refractivity contribution is 1.07. The highest BCUT2D eigenvalue weighted by Gasteiger charge is 1.98. The molecule has 2 heterocycles. The van der Waals surface area contributed by atoms with E-state index in [-0.39, 0.29) is 0 Å². The number of aromatic nitrogens is 3. The molecule has 2 aromatic rings. The van der Waals surface area contributed by atoms with Gasteiger partial charge in [0, 0.05) is 0 Å². The summed E-state index contributed by atoms with van der Waals surface area (Å²) in [4.78, 5) is 0. The van der Waals surface area contributed by atoms with Crippen LogP contribution in [0.2, 0.25) is 5.15 Å². The quantitative estimate of drug-likeness (QED) is 0.504. The average molecular weight is 186 g/mol. The Bertz CT molecular complexity index is 444. The van der Waals surface area contributed by atoms with E-state index in [0.717, 1.165) is 5.65 Å². The molecule has 2 rings (SSSR count). The van der Waals surface area contributed by atoms with Gasteiger partial charge in [0.1, 0.15) is 5.15 Å². The smallest absolute Gasteiger partial charge is 0.200 e. The largest absolute Gasteiger partial charge is 0.258 e. The van der Waals surface area contributed by atoms with Crippen molar-refractivity contribution in [2.75, 3.05) is 0 Å². The number of hydrogen-bond acceptors (Lipinski definition) is 2. The Morgan fingerprint density at radius 1 is 1.55 bits per heavy atom. The summed E-state index contributed by atoms with van der Waals surface area (Å²) in [5.41, 5.74) is 0.738. The van der Waals surface area contributed by atoms with Gasteiger partial charge >= 0.3 is 0 Å². The Kier molecular flexibility index (Phi) is 1.44. The van der Waals surface area contributed by atoms with Crippen molar-refractivity contribution >= 4 is 29.5 Å². The van der Waals surface area contributed by atoms with Crippen LogP contribution in [0.1, 0.15) is 0 Å². The molecule has 0 atom stereocenters. The second-order valence-electron chi connectivity index (χ2n) is 2.07. The highest BCUT2D eigenvalue weighted by atomic mass is 35.5. The summed E-state index contributed by atoms with van der Waals surface area (Å²) in [6.45, 7) is 0. The number of aromatic amines is 1. The normalized spacial score (nSPS) is 10.6. The lowest BCUT2D eigenvalue weighted by Gasteiger charge is -1.92. The van der Waals surface area contributed by atoms with E-state index in [2.05, 4.69) is 10.2 Å². The van der Waals surface area contributed by atoms with Crippen LogP contribution in [0.15, 0.2) is 18.2 Å². The molecule has 0 aromatic carbocycles. The van der Waals surface area contributed by atoms with Crippen LogP contribution in [-0.4, -0.2) is 14.6 Å². The first kappa shape index (κ1) is 6.82. The third-order valence-corrected chi connectivity index (χ3v) is 1.96. The van der Waals surface area contributed by atoms with E-state index >= 15 is 0 Å². The number of rotatable bonds is 0. The lowest BCUT2D eigenvalue weighted by atomic mass is 10.5. The van der Waals surface area contributed by atoms with E-state index in [4.69, 9.17) is 23.8 Å². The van der Waals surface area contributed by atoms with Gasteiger partial charge in [0.05, 0.1) is 0 Å². The second-order valence-corrected chi connectivity index (χ2v) is 2.84. The third-order valence-electron chi connectivity index (χ3n) is 1.39. The molecule has 2 aromatic heterocycles. The van der Waals surface area contributed by atoms with Crippen LogP contribution in [0.4, 0.5) is 0 Å². The van der Waals surface area contributed by atoms with Crippen molar-refractivity contribution in [2.45, 2.75) is 0 Å². The van der Waals surface area contributed by atoms with Crippen LogP contribution in [0, 0.1) is 4.77 Å². The molecule has 3 nitrogen and oxygen atoms in total. The van der Waals surface area contributed by atoms with Crippen molar-refractivity contribution in [3.63, 3.8) is 0 Å². The van der Waals surface area contributed by atoms with Gasteiger partial charge in [-0.05, 0) is 24.4 Å². The number of H-pyrrole nitrogens is 1. The summed E-state index contributed by atoms with van der Waals surface area (Å²) in [6, 6.07) is 5.42. The second kappa shape index (κ2) is 2.32. The lowest BCUT2D eigenvalue weighted by Crippen LogP contribution is -1.84. The van der Waals surface area contributed by atoms with Gasteiger partial charge in [0.15, 0.2) is 5.65 Å². The number of nitrogens with one attached hydrogen (secondary N) is 1. The minimum atomic E-state index is 0.519. The highest BCUT2D eigenvalue weighted by molar-refractivity contribution is 7.71. The Labute approximate surface area is 72.6 Å². The van der Waals surface area contributed by atoms with Gasteiger partial charge in [-0.1, -0.05) is 17.7 Å². The Balaban J connectivity index is 3.08. The first-order valence-electron chi connectivity index (χ1n) is 3.01. The fourth-order valence-corrected chi connectivity index (χ4v) is 1.45. The predicted molar refractivity (Wildman–Crippen MR) is 45.4 cm³/mol. The van der Waals surface area contributed by atoms with Gasteiger partial charge in [-0.3, -0.25) is 9.50 Å². The first-order chi connectivity index (χ1) is 5.29. The van der Waals surface area contributed by atoms with Crippen LogP contribution in [0.5, 0.6) is 0 Å². The average Bonchev–Trinajstić information content (AvgIpc) is 2.34. The van der Waals surface area contributed by atoms with Crippen molar-refractivity contribution < 1.29 is 0 Å². The fraction of sp³-hybridized carbons (Fsp3) is 0. The zero-order chi connectivity index (χ0) is 7.84. The molecular formula is C6H4ClN3S. The van der Waals surface area contributed by atoms with Crippen molar-refractivity contribution in [2.24, 2.45) is 0 Å². The molecule has 56 valence electrons. The Morgan fingerprint density at radius 3 is 3.09 bits per heavy atom. The maximum absolute atomic E-state index is 5.84. The molecule has 0 unspecified atom stereocenters. The Hall–Kier alpha value is -0.870. The molecule has 0 saturated heterocycles. The molecule has 0 amide bonds. The van der Waals surface area contributed by atoms with E-state index in [1.54, 1.807) is 10.5 Å². The van der Waals surface area contributed by atoms with E-state index in [1.165, 1.54) is 0 Å². The molecule has 1 N–H and O–H groups in total. The van der Waals surface area contributed by atoms with E-state index in [0.29, 0.717) is 9.92 Å². The molecular weight excluding hydrogens is 182 g/mol. The van der Waals surface area contributed by atoms with Gasteiger partial charge in [-0.2, -0.15) is 5.10 Å². The molecule has 0 spiro atoms. The zero-order valence-electron chi connectivity index (χ0n) is 5.41.